The Kier molecular flexibility index (Phi) is 4.88. The maximum atomic E-state index is 11.9. The van der Waals surface area contributed by atoms with Crippen LogP contribution in [0.3, 0.4) is 0 Å². The summed E-state index contributed by atoms with van der Waals surface area (Å²) in [6, 6.07) is 16.9. The van der Waals surface area contributed by atoms with Crippen molar-refractivity contribution in [3.8, 4) is 0 Å². The zero-order valence-electron chi connectivity index (χ0n) is 10.2. The SMILES string of the molecule is O=C(Nc1ccc(S)cc1)[C@H](Cl)Cc1ccccc1. The van der Waals surface area contributed by atoms with Crippen molar-refractivity contribution in [3.63, 3.8) is 0 Å². The predicted molar refractivity (Wildman–Crippen MR) is 82.1 cm³/mol. The Balaban J connectivity index is 1.94. The highest BCUT2D eigenvalue weighted by Crippen LogP contribution is 2.14. The molecule has 0 radical (unpaired) electrons. The quantitative estimate of drug-likeness (QED) is 0.652. The van der Waals surface area contributed by atoms with Crippen LogP contribution in [0, 0.1) is 0 Å². The number of alkyl halides is 1. The van der Waals surface area contributed by atoms with Gasteiger partial charge in [0.1, 0.15) is 5.38 Å². The van der Waals surface area contributed by atoms with Crippen molar-refractivity contribution < 1.29 is 4.79 Å². The molecule has 0 aliphatic carbocycles. The van der Waals surface area contributed by atoms with Gasteiger partial charge in [-0.15, -0.1) is 24.2 Å². The fraction of sp³-hybridized carbons (Fsp3) is 0.133. The fourth-order valence-corrected chi connectivity index (χ4v) is 2.06. The van der Waals surface area contributed by atoms with Crippen LogP contribution in [0.25, 0.3) is 0 Å². The maximum Gasteiger partial charge on any atom is 0.242 e. The number of thiol groups is 1. The van der Waals surface area contributed by atoms with Crippen molar-refractivity contribution in [2.24, 2.45) is 0 Å². The molecule has 0 fully saturated rings. The molecule has 2 aromatic rings. The molecule has 0 unspecified atom stereocenters. The Morgan fingerprint density at radius 2 is 1.74 bits per heavy atom. The number of anilines is 1. The van der Waals surface area contributed by atoms with Crippen molar-refractivity contribution in [2.75, 3.05) is 5.32 Å². The third-order valence-corrected chi connectivity index (χ3v) is 3.33. The fourth-order valence-electron chi connectivity index (χ4n) is 1.68. The molecule has 1 atom stereocenters. The first kappa shape index (κ1) is 14.0. The van der Waals surface area contributed by atoms with E-state index in [0.29, 0.717) is 6.42 Å². The zero-order chi connectivity index (χ0) is 13.7. The van der Waals surface area contributed by atoms with Gasteiger partial charge in [0.2, 0.25) is 5.91 Å². The van der Waals surface area contributed by atoms with Crippen molar-refractivity contribution in [1.29, 1.82) is 0 Å². The molecule has 2 rings (SSSR count). The first-order chi connectivity index (χ1) is 9.15. The Labute approximate surface area is 123 Å². The first-order valence-corrected chi connectivity index (χ1v) is 6.81. The average Bonchev–Trinajstić information content (AvgIpc) is 2.42. The van der Waals surface area contributed by atoms with Crippen molar-refractivity contribution in [2.45, 2.75) is 16.7 Å². The summed E-state index contributed by atoms with van der Waals surface area (Å²) in [5.74, 6) is -0.197. The van der Waals surface area contributed by atoms with Crippen LogP contribution in [0.5, 0.6) is 0 Å². The lowest BCUT2D eigenvalue weighted by atomic mass is 10.1. The molecule has 4 heteroatoms. The van der Waals surface area contributed by atoms with Gasteiger partial charge in [0.15, 0.2) is 0 Å². The molecule has 0 aromatic heterocycles. The monoisotopic (exact) mass is 291 g/mol. The molecule has 0 aliphatic heterocycles. The summed E-state index contributed by atoms with van der Waals surface area (Å²) in [5, 5.41) is 2.20. The number of carbonyl (C=O) groups is 1. The molecule has 0 spiro atoms. The molecule has 1 N–H and O–H groups in total. The number of hydrogen-bond donors (Lipinski definition) is 2. The highest BCUT2D eigenvalue weighted by atomic mass is 35.5. The highest BCUT2D eigenvalue weighted by Gasteiger charge is 2.15. The van der Waals surface area contributed by atoms with Gasteiger partial charge in [-0.3, -0.25) is 4.79 Å². The van der Waals surface area contributed by atoms with Crippen molar-refractivity contribution in [3.05, 3.63) is 60.2 Å². The van der Waals surface area contributed by atoms with Gasteiger partial charge in [0.05, 0.1) is 0 Å². The second-order valence-corrected chi connectivity index (χ2v) is 5.24. The molecular weight excluding hydrogens is 278 g/mol. The summed E-state index contributed by atoms with van der Waals surface area (Å²) in [5.41, 5.74) is 1.77. The Bertz CT molecular complexity index is 542. The van der Waals surface area contributed by atoms with Gasteiger partial charge < -0.3 is 5.32 Å². The van der Waals surface area contributed by atoms with Crippen LogP contribution in [-0.2, 0) is 11.2 Å². The van der Waals surface area contributed by atoms with Crippen LogP contribution in [0.2, 0.25) is 0 Å². The van der Waals surface area contributed by atoms with Gasteiger partial charge in [-0.05, 0) is 36.2 Å². The Morgan fingerprint density at radius 3 is 2.37 bits per heavy atom. The molecule has 98 valence electrons. The topological polar surface area (TPSA) is 29.1 Å². The minimum atomic E-state index is -0.585. The third kappa shape index (κ3) is 4.30. The second-order valence-electron chi connectivity index (χ2n) is 4.19. The highest BCUT2D eigenvalue weighted by molar-refractivity contribution is 7.80. The van der Waals surface area contributed by atoms with E-state index in [4.69, 9.17) is 11.6 Å². The second kappa shape index (κ2) is 6.64. The van der Waals surface area contributed by atoms with Gasteiger partial charge in [0, 0.05) is 10.6 Å². The number of amides is 1. The summed E-state index contributed by atoms with van der Waals surface area (Å²) >= 11 is 10.3. The number of carbonyl (C=O) groups excluding carboxylic acids is 1. The largest absolute Gasteiger partial charge is 0.325 e. The number of hydrogen-bond acceptors (Lipinski definition) is 2. The van der Waals surface area contributed by atoms with Gasteiger partial charge in [-0.1, -0.05) is 30.3 Å². The number of rotatable bonds is 4. The zero-order valence-corrected chi connectivity index (χ0v) is 11.9. The molecule has 2 nitrogen and oxygen atoms in total. The summed E-state index contributed by atoms with van der Waals surface area (Å²) in [7, 11) is 0. The minimum absolute atomic E-state index is 0.197. The summed E-state index contributed by atoms with van der Waals surface area (Å²) in [6.45, 7) is 0. The third-order valence-electron chi connectivity index (χ3n) is 2.68. The smallest absolute Gasteiger partial charge is 0.242 e. The molecule has 2 aromatic carbocycles. The van der Waals surface area contributed by atoms with Gasteiger partial charge in [-0.2, -0.15) is 0 Å². The van der Waals surface area contributed by atoms with Crippen LogP contribution < -0.4 is 5.32 Å². The summed E-state index contributed by atoms with van der Waals surface area (Å²) in [6.07, 6.45) is 0.513. The normalized spacial score (nSPS) is 11.9. The predicted octanol–water partition coefficient (Wildman–Crippen LogP) is 3.76. The lowest BCUT2D eigenvalue weighted by Gasteiger charge is -2.10. The molecule has 0 saturated heterocycles. The molecule has 19 heavy (non-hydrogen) atoms. The Morgan fingerprint density at radius 1 is 1.11 bits per heavy atom. The van der Waals surface area contributed by atoms with Gasteiger partial charge >= 0.3 is 0 Å². The van der Waals surface area contributed by atoms with E-state index in [1.807, 2.05) is 42.5 Å². The van der Waals surface area contributed by atoms with Crippen LogP contribution in [0.1, 0.15) is 5.56 Å². The van der Waals surface area contributed by atoms with E-state index < -0.39 is 5.38 Å². The lowest BCUT2D eigenvalue weighted by Crippen LogP contribution is -2.25. The Hall–Kier alpha value is -1.45. The van der Waals surface area contributed by atoms with E-state index in [1.165, 1.54) is 0 Å². The maximum absolute atomic E-state index is 11.9. The molecule has 0 aliphatic rings. The van der Waals surface area contributed by atoms with E-state index in [9.17, 15) is 4.79 Å². The van der Waals surface area contributed by atoms with Crippen LogP contribution in [-0.4, -0.2) is 11.3 Å². The van der Waals surface area contributed by atoms with Crippen molar-refractivity contribution >= 4 is 35.8 Å². The molecule has 1 amide bonds. The minimum Gasteiger partial charge on any atom is -0.325 e. The number of halogens is 1. The van der Waals surface area contributed by atoms with Crippen LogP contribution in [0.4, 0.5) is 5.69 Å². The molecule has 0 bridgehead atoms. The van der Waals surface area contributed by atoms with E-state index in [2.05, 4.69) is 17.9 Å². The molecular formula is C15H14ClNOS. The van der Waals surface area contributed by atoms with Gasteiger partial charge in [-0.25, -0.2) is 0 Å². The van der Waals surface area contributed by atoms with E-state index in [1.54, 1.807) is 12.1 Å². The summed E-state index contributed by atoms with van der Waals surface area (Å²) in [4.78, 5) is 12.8. The lowest BCUT2D eigenvalue weighted by molar-refractivity contribution is -0.115. The molecule has 0 saturated carbocycles. The number of nitrogens with one attached hydrogen (secondary N) is 1. The van der Waals surface area contributed by atoms with E-state index >= 15 is 0 Å². The standard InChI is InChI=1S/C15H14ClNOS/c16-14(10-11-4-2-1-3-5-11)15(18)17-12-6-8-13(19)9-7-12/h1-9,14,19H,10H2,(H,17,18)/t14-/m1/s1. The van der Waals surface area contributed by atoms with E-state index in [-0.39, 0.29) is 5.91 Å². The summed E-state index contributed by atoms with van der Waals surface area (Å²) < 4.78 is 0. The van der Waals surface area contributed by atoms with Crippen molar-refractivity contribution in [1.82, 2.24) is 0 Å². The van der Waals surface area contributed by atoms with Crippen LogP contribution in [0.15, 0.2) is 59.5 Å². The number of benzene rings is 2. The molecule has 0 heterocycles. The average molecular weight is 292 g/mol. The van der Waals surface area contributed by atoms with Crippen LogP contribution >= 0.6 is 24.2 Å². The van der Waals surface area contributed by atoms with E-state index in [0.717, 1.165) is 16.1 Å². The first-order valence-electron chi connectivity index (χ1n) is 5.93. The van der Waals surface area contributed by atoms with Gasteiger partial charge in [0.25, 0.3) is 0 Å².